The number of hydrogen-bond acceptors (Lipinski definition) is 3. The van der Waals surface area contributed by atoms with Crippen LogP contribution in [0.4, 0.5) is 0 Å². The SMILES string of the molecule is CCCCCCC/C=C\C/C=C\CCCCCCCCCCCCCCCC(=O)NC(CO)C(O)/C=C/CC/C=C/CCCCCCCCCCCCCCC. The molecule has 2 unspecified atom stereocenters. The molecule has 0 aliphatic carbocycles. The highest BCUT2D eigenvalue weighted by Gasteiger charge is 2.17. The van der Waals surface area contributed by atoms with E-state index in [2.05, 4.69) is 55.6 Å². The van der Waals surface area contributed by atoms with Crippen molar-refractivity contribution in [2.75, 3.05) is 6.61 Å². The number of allylic oxidation sites excluding steroid dienone is 7. The van der Waals surface area contributed by atoms with Gasteiger partial charge in [0.05, 0.1) is 18.8 Å². The number of amides is 1. The summed E-state index contributed by atoms with van der Waals surface area (Å²) in [7, 11) is 0. The molecule has 0 spiro atoms. The van der Waals surface area contributed by atoms with E-state index in [9.17, 15) is 15.0 Å². The molecule has 0 radical (unpaired) electrons. The fourth-order valence-corrected chi connectivity index (χ4v) is 7.46. The molecule has 0 heterocycles. The Labute approximate surface area is 350 Å². The van der Waals surface area contributed by atoms with E-state index in [0.717, 1.165) is 38.5 Å². The number of carbonyl (C=O) groups is 1. The molecule has 1 amide bonds. The summed E-state index contributed by atoms with van der Waals surface area (Å²) in [5.41, 5.74) is 0. The number of nitrogens with one attached hydrogen (secondary N) is 1. The van der Waals surface area contributed by atoms with Gasteiger partial charge in [-0.3, -0.25) is 4.79 Å². The summed E-state index contributed by atoms with van der Waals surface area (Å²) in [5.74, 6) is -0.0735. The van der Waals surface area contributed by atoms with Gasteiger partial charge in [-0.15, -0.1) is 0 Å². The molecule has 0 aliphatic rings. The predicted octanol–water partition coefficient (Wildman–Crippen LogP) is 15.9. The molecule has 0 saturated heterocycles. The first-order valence-electron chi connectivity index (χ1n) is 24.9. The fourth-order valence-electron chi connectivity index (χ4n) is 7.46. The summed E-state index contributed by atoms with van der Waals surface area (Å²) >= 11 is 0. The van der Waals surface area contributed by atoms with Crippen molar-refractivity contribution >= 4 is 5.91 Å². The van der Waals surface area contributed by atoms with Crippen molar-refractivity contribution in [2.24, 2.45) is 0 Å². The Balaban J connectivity index is 3.56. The van der Waals surface area contributed by atoms with Crippen LogP contribution < -0.4 is 5.32 Å². The zero-order valence-electron chi connectivity index (χ0n) is 37.7. The number of aliphatic hydroxyl groups excluding tert-OH is 2. The van der Waals surface area contributed by atoms with Crippen LogP contribution in [-0.2, 0) is 4.79 Å². The zero-order valence-corrected chi connectivity index (χ0v) is 37.7. The Kier molecular flexibility index (Phi) is 46.3. The number of aliphatic hydroxyl groups is 2. The van der Waals surface area contributed by atoms with Gasteiger partial charge in [-0.2, -0.15) is 0 Å². The molecule has 0 aromatic heterocycles. The smallest absolute Gasteiger partial charge is 0.220 e. The number of carbonyl (C=O) groups excluding carboxylic acids is 1. The van der Waals surface area contributed by atoms with E-state index >= 15 is 0 Å². The normalized spacial score (nSPS) is 13.3. The second-order valence-corrected chi connectivity index (χ2v) is 16.9. The summed E-state index contributed by atoms with van der Waals surface area (Å²) in [5, 5.41) is 23.1. The van der Waals surface area contributed by atoms with Crippen molar-refractivity contribution in [3.05, 3.63) is 48.6 Å². The molecule has 0 aromatic carbocycles. The lowest BCUT2D eigenvalue weighted by molar-refractivity contribution is -0.123. The van der Waals surface area contributed by atoms with Crippen molar-refractivity contribution in [1.82, 2.24) is 5.32 Å². The van der Waals surface area contributed by atoms with Crippen LogP contribution in [0.2, 0.25) is 0 Å². The third-order valence-electron chi connectivity index (χ3n) is 11.3. The Morgan fingerprint density at radius 3 is 1.14 bits per heavy atom. The first-order chi connectivity index (χ1) is 27.7. The van der Waals surface area contributed by atoms with Crippen molar-refractivity contribution in [3.63, 3.8) is 0 Å². The molecule has 0 bridgehead atoms. The molecule has 4 nitrogen and oxygen atoms in total. The van der Waals surface area contributed by atoms with Crippen LogP contribution in [-0.4, -0.2) is 34.9 Å². The molecule has 4 heteroatoms. The van der Waals surface area contributed by atoms with Gasteiger partial charge < -0.3 is 15.5 Å². The van der Waals surface area contributed by atoms with E-state index in [1.54, 1.807) is 6.08 Å². The van der Waals surface area contributed by atoms with E-state index in [1.165, 1.54) is 199 Å². The van der Waals surface area contributed by atoms with Crippen molar-refractivity contribution < 1.29 is 15.0 Å². The van der Waals surface area contributed by atoms with Gasteiger partial charge in [0.2, 0.25) is 5.91 Å². The molecule has 2 atom stereocenters. The zero-order chi connectivity index (χ0) is 40.7. The van der Waals surface area contributed by atoms with Crippen LogP contribution in [0.3, 0.4) is 0 Å². The minimum Gasteiger partial charge on any atom is -0.394 e. The van der Waals surface area contributed by atoms with Crippen molar-refractivity contribution in [1.29, 1.82) is 0 Å². The average Bonchev–Trinajstić information content (AvgIpc) is 3.20. The van der Waals surface area contributed by atoms with Gasteiger partial charge in [-0.25, -0.2) is 0 Å². The summed E-state index contributed by atoms with van der Waals surface area (Å²) in [6, 6.07) is -0.640. The lowest BCUT2D eigenvalue weighted by atomic mass is 10.0. The highest BCUT2D eigenvalue weighted by molar-refractivity contribution is 5.76. The maximum Gasteiger partial charge on any atom is 0.220 e. The third-order valence-corrected chi connectivity index (χ3v) is 11.3. The van der Waals surface area contributed by atoms with E-state index in [0.29, 0.717) is 6.42 Å². The predicted molar refractivity (Wildman–Crippen MR) is 248 cm³/mol. The van der Waals surface area contributed by atoms with Crippen LogP contribution in [0.25, 0.3) is 0 Å². The average molecular weight is 784 g/mol. The Hall–Kier alpha value is -1.65. The second-order valence-electron chi connectivity index (χ2n) is 16.9. The molecule has 0 saturated carbocycles. The van der Waals surface area contributed by atoms with E-state index in [1.807, 2.05) is 6.08 Å². The molecular weight excluding hydrogens is 687 g/mol. The highest BCUT2D eigenvalue weighted by atomic mass is 16.3. The lowest BCUT2D eigenvalue weighted by Crippen LogP contribution is -2.45. The van der Waals surface area contributed by atoms with Crippen LogP contribution in [0, 0.1) is 0 Å². The summed E-state index contributed by atoms with van der Waals surface area (Å²) in [6.45, 7) is 4.30. The topological polar surface area (TPSA) is 69.6 Å². The van der Waals surface area contributed by atoms with Crippen LogP contribution in [0.15, 0.2) is 48.6 Å². The molecule has 0 aromatic rings. The van der Waals surface area contributed by atoms with Crippen LogP contribution in [0.5, 0.6) is 0 Å². The van der Waals surface area contributed by atoms with Gasteiger partial charge in [0.1, 0.15) is 0 Å². The van der Waals surface area contributed by atoms with Crippen molar-refractivity contribution in [3.8, 4) is 0 Å². The molecule has 3 N–H and O–H groups in total. The summed E-state index contributed by atoms with van der Waals surface area (Å²) in [4.78, 5) is 12.4. The minimum atomic E-state index is -0.863. The maximum absolute atomic E-state index is 12.4. The molecular formula is C52H97NO3. The monoisotopic (exact) mass is 784 g/mol. The van der Waals surface area contributed by atoms with Crippen LogP contribution in [0.1, 0.15) is 258 Å². The van der Waals surface area contributed by atoms with Gasteiger partial charge in [-0.1, -0.05) is 236 Å². The van der Waals surface area contributed by atoms with E-state index < -0.39 is 12.1 Å². The largest absolute Gasteiger partial charge is 0.394 e. The summed E-state index contributed by atoms with van der Waals surface area (Å²) < 4.78 is 0. The van der Waals surface area contributed by atoms with Crippen molar-refractivity contribution in [2.45, 2.75) is 270 Å². The van der Waals surface area contributed by atoms with Gasteiger partial charge >= 0.3 is 0 Å². The Morgan fingerprint density at radius 1 is 0.429 bits per heavy atom. The number of unbranched alkanes of at least 4 members (excludes halogenated alkanes) is 32. The first kappa shape index (κ1) is 54.3. The Morgan fingerprint density at radius 2 is 0.750 bits per heavy atom. The van der Waals surface area contributed by atoms with Gasteiger partial charge in [-0.05, 0) is 64.2 Å². The highest BCUT2D eigenvalue weighted by Crippen LogP contribution is 2.15. The maximum atomic E-state index is 12.4. The molecule has 0 aliphatic heterocycles. The molecule has 328 valence electrons. The van der Waals surface area contributed by atoms with Gasteiger partial charge in [0.15, 0.2) is 0 Å². The number of rotatable bonds is 45. The third kappa shape index (κ3) is 43.5. The summed E-state index contributed by atoms with van der Waals surface area (Å²) in [6.07, 6.45) is 65.3. The van der Waals surface area contributed by atoms with E-state index in [-0.39, 0.29) is 12.5 Å². The fraction of sp³-hybridized carbons (Fsp3) is 0.827. The van der Waals surface area contributed by atoms with Crippen LogP contribution >= 0.6 is 0 Å². The Bertz CT molecular complexity index is 893. The lowest BCUT2D eigenvalue weighted by Gasteiger charge is -2.19. The van der Waals surface area contributed by atoms with Gasteiger partial charge in [0.25, 0.3) is 0 Å². The van der Waals surface area contributed by atoms with E-state index in [4.69, 9.17) is 0 Å². The minimum absolute atomic E-state index is 0.0735. The second kappa shape index (κ2) is 47.7. The standard InChI is InChI=1S/C52H97NO3/c1-3-5-7-9-11-13-15-17-19-21-23-24-25-26-27-28-30-32-34-36-38-40-42-44-46-48-52(56)53-50(49-54)51(55)47-45-43-41-39-37-35-33-31-29-22-20-18-16-14-12-10-8-6-4-2/h15,17,21,23,37,39,45,47,50-51,54-55H,3-14,16,18-20,22,24-36,38,40-44,46,48-49H2,1-2H3,(H,53,56)/b17-15-,23-21-,39-37+,47-45+. The molecule has 0 rings (SSSR count). The number of hydrogen-bond donors (Lipinski definition) is 3. The molecule has 0 fully saturated rings. The molecule has 56 heavy (non-hydrogen) atoms. The van der Waals surface area contributed by atoms with Gasteiger partial charge in [0, 0.05) is 6.42 Å². The quantitative estimate of drug-likeness (QED) is 0.0425. The first-order valence-corrected chi connectivity index (χ1v) is 24.9.